The Morgan fingerprint density at radius 2 is 2.10 bits per heavy atom. The van der Waals surface area contributed by atoms with E-state index >= 15 is 0 Å². The van der Waals surface area contributed by atoms with Gasteiger partial charge in [-0.05, 0) is 36.4 Å². The Labute approximate surface area is 122 Å². The Morgan fingerprint density at radius 1 is 1.25 bits per heavy atom. The fraction of sp³-hybridized carbons (Fsp3) is 0. The summed E-state index contributed by atoms with van der Waals surface area (Å²) >= 11 is 2.71. The average Bonchev–Trinajstić information content (AvgIpc) is 2.82. The number of nitrogens with two attached hydrogens (primary N) is 1. The van der Waals surface area contributed by atoms with Crippen molar-refractivity contribution in [3.05, 3.63) is 47.8 Å². The number of aromatic nitrogens is 1. The molecule has 0 unspecified atom stereocenters. The van der Waals surface area contributed by atoms with Gasteiger partial charge >= 0.3 is 0 Å². The lowest BCUT2D eigenvalue weighted by Gasteiger charge is -1.99. The third kappa shape index (κ3) is 2.46. The van der Waals surface area contributed by atoms with Gasteiger partial charge in [0.2, 0.25) is 0 Å². The zero-order valence-corrected chi connectivity index (χ0v) is 11.8. The minimum atomic E-state index is -0.409. The van der Waals surface area contributed by atoms with Crippen LogP contribution in [0.2, 0.25) is 0 Å². The summed E-state index contributed by atoms with van der Waals surface area (Å²) in [5.41, 5.74) is 7.56. The van der Waals surface area contributed by atoms with Crippen LogP contribution in [0.15, 0.2) is 45.6 Å². The van der Waals surface area contributed by atoms with Crippen molar-refractivity contribution >= 4 is 39.0 Å². The molecule has 3 nitrogen and oxygen atoms in total. The van der Waals surface area contributed by atoms with E-state index in [1.165, 1.54) is 29.2 Å². The first kappa shape index (κ1) is 12.9. The molecule has 0 aliphatic heterocycles. The lowest BCUT2D eigenvalue weighted by atomic mass is 10.2. The van der Waals surface area contributed by atoms with Crippen LogP contribution in [-0.4, -0.2) is 4.98 Å². The van der Waals surface area contributed by atoms with Gasteiger partial charge in [0.05, 0.1) is 26.7 Å². The molecule has 1 heterocycles. The first-order chi connectivity index (χ1) is 9.65. The molecule has 0 saturated carbocycles. The molecule has 6 heteroatoms. The summed E-state index contributed by atoms with van der Waals surface area (Å²) in [7, 11) is 0. The Kier molecular flexibility index (Phi) is 3.30. The molecule has 0 bridgehead atoms. The maximum absolute atomic E-state index is 13.8. The topological polar surface area (TPSA) is 62.7 Å². The lowest BCUT2D eigenvalue weighted by Crippen LogP contribution is -1.83. The van der Waals surface area contributed by atoms with Gasteiger partial charge in [0.25, 0.3) is 0 Å². The number of hydrogen-bond acceptors (Lipinski definition) is 5. The van der Waals surface area contributed by atoms with Crippen molar-refractivity contribution < 1.29 is 4.39 Å². The van der Waals surface area contributed by atoms with Crippen molar-refractivity contribution in [3.8, 4) is 6.07 Å². The summed E-state index contributed by atoms with van der Waals surface area (Å²) < 4.78 is 15.5. The molecule has 0 spiro atoms. The van der Waals surface area contributed by atoms with Gasteiger partial charge in [-0.3, -0.25) is 0 Å². The first-order valence-electron chi connectivity index (χ1n) is 5.69. The van der Waals surface area contributed by atoms with E-state index in [0.29, 0.717) is 16.1 Å². The summed E-state index contributed by atoms with van der Waals surface area (Å²) in [6.07, 6.45) is 0. The molecule has 0 aliphatic carbocycles. The molecule has 0 radical (unpaired) electrons. The van der Waals surface area contributed by atoms with Crippen molar-refractivity contribution in [1.29, 1.82) is 5.26 Å². The SMILES string of the molecule is N#Cc1ccc(Sc2nc3ccc(N)cc3s2)c(F)c1. The number of halogens is 1. The predicted molar refractivity (Wildman–Crippen MR) is 79.3 cm³/mol. The van der Waals surface area contributed by atoms with Gasteiger partial charge in [-0.2, -0.15) is 5.26 Å². The highest BCUT2D eigenvalue weighted by atomic mass is 32.2. The van der Waals surface area contributed by atoms with Gasteiger partial charge < -0.3 is 5.73 Å². The third-order valence-corrected chi connectivity index (χ3v) is 4.78. The fourth-order valence-electron chi connectivity index (χ4n) is 1.71. The molecular formula is C14H8FN3S2. The van der Waals surface area contributed by atoms with Crippen LogP contribution in [0.1, 0.15) is 5.56 Å². The minimum absolute atomic E-state index is 0.309. The van der Waals surface area contributed by atoms with E-state index in [1.807, 2.05) is 18.2 Å². The smallest absolute Gasteiger partial charge is 0.156 e. The van der Waals surface area contributed by atoms with Crippen molar-refractivity contribution in [1.82, 2.24) is 4.98 Å². The van der Waals surface area contributed by atoms with E-state index in [1.54, 1.807) is 18.2 Å². The molecule has 2 N–H and O–H groups in total. The molecule has 3 aromatic rings. The number of fused-ring (bicyclic) bond motifs is 1. The molecule has 0 atom stereocenters. The highest BCUT2D eigenvalue weighted by molar-refractivity contribution is 8.01. The zero-order valence-electron chi connectivity index (χ0n) is 10.1. The van der Waals surface area contributed by atoms with Crippen LogP contribution in [-0.2, 0) is 0 Å². The molecule has 20 heavy (non-hydrogen) atoms. The first-order valence-corrected chi connectivity index (χ1v) is 7.32. The van der Waals surface area contributed by atoms with E-state index in [0.717, 1.165) is 14.6 Å². The molecule has 98 valence electrons. The second-order valence-electron chi connectivity index (χ2n) is 4.07. The minimum Gasteiger partial charge on any atom is -0.399 e. The molecule has 1 aromatic heterocycles. The van der Waals surface area contributed by atoms with Crippen LogP contribution in [0.3, 0.4) is 0 Å². The summed E-state index contributed by atoms with van der Waals surface area (Å²) in [5.74, 6) is -0.409. The molecule has 2 aromatic carbocycles. The number of benzene rings is 2. The number of thiazole rings is 1. The number of nitriles is 1. The average molecular weight is 301 g/mol. The lowest BCUT2D eigenvalue weighted by molar-refractivity contribution is 0.601. The second kappa shape index (κ2) is 5.12. The highest BCUT2D eigenvalue weighted by Gasteiger charge is 2.10. The van der Waals surface area contributed by atoms with Crippen LogP contribution in [0, 0.1) is 17.1 Å². The van der Waals surface area contributed by atoms with Crippen molar-refractivity contribution in [3.63, 3.8) is 0 Å². The second-order valence-corrected chi connectivity index (χ2v) is 6.39. The van der Waals surface area contributed by atoms with E-state index in [2.05, 4.69) is 4.98 Å². The van der Waals surface area contributed by atoms with Gasteiger partial charge in [0, 0.05) is 5.69 Å². The Balaban J connectivity index is 1.95. The largest absolute Gasteiger partial charge is 0.399 e. The van der Waals surface area contributed by atoms with Gasteiger partial charge in [0.15, 0.2) is 4.34 Å². The number of rotatable bonds is 2. The number of nitrogens with zero attached hydrogens (tertiary/aromatic N) is 2. The molecule has 0 aliphatic rings. The standard InChI is InChI=1S/C14H8FN3S2/c15-10-5-8(7-16)1-4-12(10)19-14-18-11-3-2-9(17)6-13(11)20-14/h1-6H,17H2. The van der Waals surface area contributed by atoms with Crippen molar-refractivity contribution in [2.24, 2.45) is 0 Å². The Bertz CT molecular complexity index is 836. The van der Waals surface area contributed by atoms with E-state index in [9.17, 15) is 4.39 Å². The monoisotopic (exact) mass is 301 g/mol. The van der Waals surface area contributed by atoms with Gasteiger partial charge in [-0.1, -0.05) is 11.8 Å². The number of anilines is 1. The van der Waals surface area contributed by atoms with Crippen molar-refractivity contribution in [2.75, 3.05) is 5.73 Å². The molecule has 3 rings (SSSR count). The van der Waals surface area contributed by atoms with E-state index in [4.69, 9.17) is 11.0 Å². The van der Waals surface area contributed by atoms with Crippen LogP contribution in [0.5, 0.6) is 0 Å². The summed E-state index contributed by atoms with van der Waals surface area (Å²) in [6, 6.07) is 11.8. The fourth-order valence-corrected chi connectivity index (χ4v) is 3.79. The van der Waals surface area contributed by atoms with Gasteiger partial charge in [-0.15, -0.1) is 11.3 Å². The normalized spacial score (nSPS) is 10.6. The maximum Gasteiger partial charge on any atom is 0.156 e. The highest BCUT2D eigenvalue weighted by Crippen LogP contribution is 2.36. The van der Waals surface area contributed by atoms with Gasteiger partial charge in [-0.25, -0.2) is 9.37 Å². The van der Waals surface area contributed by atoms with E-state index in [-0.39, 0.29) is 0 Å². The van der Waals surface area contributed by atoms with Crippen LogP contribution in [0.25, 0.3) is 10.2 Å². The summed E-state index contributed by atoms with van der Waals surface area (Å²) in [5, 5.41) is 8.72. The summed E-state index contributed by atoms with van der Waals surface area (Å²) in [6.45, 7) is 0. The molecular weight excluding hydrogens is 293 g/mol. The summed E-state index contributed by atoms with van der Waals surface area (Å²) in [4.78, 5) is 4.88. The van der Waals surface area contributed by atoms with Gasteiger partial charge in [0.1, 0.15) is 5.82 Å². The quantitative estimate of drug-likeness (QED) is 0.726. The molecule has 0 fully saturated rings. The number of hydrogen-bond donors (Lipinski definition) is 1. The predicted octanol–water partition coefficient (Wildman–Crippen LogP) is 4.04. The van der Waals surface area contributed by atoms with Crippen molar-refractivity contribution in [2.45, 2.75) is 9.24 Å². The van der Waals surface area contributed by atoms with Crippen LogP contribution < -0.4 is 5.73 Å². The Hall–Kier alpha value is -2.10. The zero-order chi connectivity index (χ0) is 14.1. The molecule has 0 saturated heterocycles. The van der Waals surface area contributed by atoms with Crippen LogP contribution in [0.4, 0.5) is 10.1 Å². The Morgan fingerprint density at radius 3 is 2.85 bits per heavy atom. The third-order valence-electron chi connectivity index (χ3n) is 2.65. The van der Waals surface area contributed by atoms with Crippen LogP contribution >= 0.6 is 23.1 Å². The number of nitrogen functional groups attached to an aromatic ring is 1. The van der Waals surface area contributed by atoms with E-state index < -0.39 is 5.82 Å². The molecule has 0 amide bonds. The maximum atomic E-state index is 13.8.